The van der Waals surface area contributed by atoms with Gasteiger partial charge in [0.05, 0.1) is 19.2 Å². The van der Waals surface area contributed by atoms with E-state index in [-0.39, 0.29) is 6.42 Å². The van der Waals surface area contributed by atoms with Gasteiger partial charge in [0.2, 0.25) is 0 Å². The highest BCUT2D eigenvalue weighted by Gasteiger charge is 2.29. The number of nitrogens with zero attached hydrogens (tertiary/aromatic N) is 3. The van der Waals surface area contributed by atoms with Crippen molar-refractivity contribution in [3.8, 4) is 0 Å². The fraction of sp³-hybridized carbons (Fsp3) is 0.375. The van der Waals surface area contributed by atoms with Crippen LogP contribution in [-0.4, -0.2) is 32.3 Å². The summed E-state index contributed by atoms with van der Waals surface area (Å²) in [6.45, 7) is 2.39. The maximum Gasteiger partial charge on any atom is 0.305 e. The number of carboxylic acids is 1. The Morgan fingerprint density at radius 1 is 1.33 bits per heavy atom. The zero-order chi connectivity index (χ0) is 14.7. The molecule has 1 aromatic carbocycles. The second-order valence-corrected chi connectivity index (χ2v) is 5.44. The Morgan fingerprint density at radius 3 is 2.81 bits per heavy atom. The molecule has 0 spiro atoms. The minimum absolute atomic E-state index is 0.109. The smallest absolute Gasteiger partial charge is 0.305 e. The topological polar surface area (TPSA) is 58.4 Å². The van der Waals surface area contributed by atoms with E-state index < -0.39 is 5.97 Å². The van der Waals surface area contributed by atoms with Gasteiger partial charge in [-0.05, 0) is 12.0 Å². The summed E-state index contributed by atoms with van der Waals surface area (Å²) in [5.74, 6) is -0.793. The van der Waals surface area contributed by atoms with Gasteiger partial charge < -0.3 is 5.11 Å². The molecule has 0 amide bonds. The molecule has 0 radical (unpaired) electrons. The lowest BCUT2D eigenvalue weighted by Crippen LogP contribution is -2.40. The molecule has 1 fully saturated rings. The molecular formula is C16H19N3O2. The van der Waals surface area contributed by atoms with Crippen molar-refractivity contribution >= 4 is 5.97 Å². The number of carboxylic acid groups (broad SMARTS) is 1. The van der Waals surface area contributed by atoms with E-state index >= 15 is 0 Å². The molecule has 5 heteroatoms. The lowest BCUT2D eigenvalue weighted by atomic mass is 9.94. The van der Waals surface area contributed by atoms with Crippen molar-refractivity contribution in [2.45, 2.75) is 32.0 Å². The van der Waals surface area contributed by atoms with Crippen molar-refractivity contribution in [1.82, 2.24) is 14.7 Å². The van der Waals surface area contributed by atoms with Gasteiger partial charge >= 0.3 is 5.97 Å². The molecule has 0 saturated carbocycles. The van der Waals surface area contributed by atoms with Gasteiger partial charge in [0.1, 0.15) is 0 Å². The predicted molar refractivity (Wildman–Crippen MR) is 78.7 cm³/mol. The van der Waals surface area contributed by atoms with Crippen molar-refractivity contribution in [3.63, 3.8) is 0 Å². The summed E-state index contributed by atoms with van der Waals surface area (Å²) >= 11 is 0. The van der Waals surface area contributed by atoms with Crippen LogP contribution >= 0.6 is 0 Å². The maximum atomic E-state index is 10.6. The van der Waals surface area contributed by atoms with Crippen LogP contribution in [0, 0.1) is 0 Å². The summed E-state index contributed by atoms with van der Waals surface area (Å²) in [5.41, 5.74) is 2.50. The van der Waals surface area contributed by atoms with E-state index in [1.54, 1.807) is 4.68 Å². The molecule has 1 N–H and O–H groups in total. The molecule has 1 saturated heterocycles. The highest BCUT2D eigenvalue weighted by molar-refractivity contribution is 5.66. The molecule has 2 heterocycles. The molecular weight excluding hydrogens is 266 g/mol. The summed E-state index contributed by atoms with van der Waals surface area (Å²) in [7, 11) is 0. The number of hydrogen-bond acceptors (Lipinski definition) is 3. The van der Waals surface area contributed by atoms with Crippen LogP contribution in [0.4, 0.5) is 0 Å². The summed E-state index contributed by atoms with van der Waals surface area (Å²) in [5, 5.41) is 12.9. The molecule has 3 rings (SSSR count). The van der Waals surface area contributed by atoms with E-state index in [1.807, 2.05) is 18.5 Å². The standard InChI is InChI=1S/C16H19N3O2/c20-16(21)7-9-19-12-13(10-17-19)11-18-8-6-15(18)14-4-2-1-3-5-14/h1-5,10,12,15H,6-9,11H2,(H,20,21)/t15-/m0/s1. The number of rotatable bonds is 6. The number of likely N-dealkylation sites (tertiary alicyclic amines) is 1. The van der Waals surface area contributed by atoms with E-state index in [0.29, 0.717) is 12.6 Å². The molecule has 0 unspecified atom stereocenters. The van der Waals surface area contributed by atoms with Gasteiger partial charge in [-0.15, -0.1) is 0 Å². The minimum Gasteiger partial charge on any atom is -0.481 e. The average Bonchev–Trinajstić information content (AvgIpc) is 2.90. The van der Waals surface area contributed by atoms with Gasteiger partial charge in [0, 0.05) is 30.9 Å². The third-order valence-electron chi connectivity index (χ3n) is 3.94. The first kappa shape index (κ1) is 13.8. The zero-order valence-corrected chi connectivity index (χ0v) is 11.9. The van der Waals surface area contributed by atoms with Gasteiger partial charge in [0.15, 0.2) is 0 Å². The van der Waals surface area contributed by atoms with Crippen LogP contribution in [-0.2, 0) is 17.9 Å². The number of aliphatic carboxylic acids is 1. The molecule has 1 aromatic heterocycles. The molecule has 1 aliphatic heterocycles. The Kier molecular flexibility index (Phi) is 4.01. The fourth-order valence-corrected chi connectivity index (χ4v) is 2.74. The molecule has 21 heavy (non-hydrogen) atoms. The molecule has 0 aliphatic carbocycles. The van der Waals surface area contributed by atoms with Gasteiger partial charge in [0.25, 0.3) is 0 Å². The van der Waals surface area contributed by atoms with Crippen LogP contribution in [0.2, 0.25) is 0 Å². The largest absolute Gasteiger partial charge is 0.481 e. The van der Waals surface area contributed by atoms with Gasteiger partial charge in [-0.25, -0.2) is 0 Å². The summed E-state index contributed by atoms with van der Waals surface area (Å²) in [6.07, 6.45) is 5.08. The number of hydrogen-bond donors (Lipinski definition) is 1. The fourth-order valence-electron chi connectivity index (χ4n) is 2.74. The second kappa shape index (κ2) is 6.10. The number of benzene rings is 1. The van der Waals surface area contributed by atoms with Crippen LogP contribution in [0.15, 0.2) is 42.7 Å². The Bertz CT molecular complexity index is 609. The Morgan fingerprint density at radius 2 is 2.14 bits per heavy atom. The normalized spacial score (nSPS) is 18.4. The molecule has 5 nitrogen and oxygen atoms in total. The van der Waals surface area contributed by atoms with Gasteiger partial charge in [-0.3, -0.25) is 14.4 Å². The first-order chi connectivity index (χ1) is 10.2. The van der Waals surface area contributed by atoms with Gasteiger partial charge in [-0.1, -0.05) is 30.3 Å². The number of carbonyl (C=O) groups is 1. The summed E-state index contributed by atoms with van der Waals surface area (Å²) in [4.78, 5) is 13.0. The van der Waals surface area contributed by atoms with E-state index in [2.05, 4.69) is 34.3 Å². The monoisotopic (exact) mass is 285 g/mol. The molecule has 1 atom stereocenters. The van der Waals surface area contributed by atoms with Crippen molar-refractivity contribution in [2.75, 3.05) is 6.54 Å². The first-order valence-corrected chi connectivity index (χ1v) is 7.24. The molecule has 2 aromatic rings. The first-order valence-electron chi connectivity index (χ1n) is 7.24. The third-order valence-corrected chi connectivity index (χ3v) is 3.94. The Labute approximate surface area is 123 Å². The van der Waals surface area contributed by atoms with E-state index in [1.165, 1.54) is 12.0 Å². The van der Waals surface area contributed by atoms with Crippen LogP contribution in [0.3, 0.4) is 0 Å². The Hall–Kier alpha value is -2.14. The predicted octanol–water partition coefficient (Wildman–Crippen LogP) is 2.30. The molecule has 110 valence electrons. The third kappa shape index (κ3) is 3.31. The molecule has 0 bridgehead atoms. The minimum atomic E-state index is -0.793. The van der Waals surface area contributed by atoms with Crippen molar-refractivity contribution in [1.29, 1.82) is 0 Å². The average molecular weight is 285 g/mol. The highest BCUT2D eigenvalue weighted by atomic mass is 16.4. The summed E-state index contributed by atoms with van der Waals surface area (Å²) < 4.78 is 1.71. The SMILES string of the molecule is O=C(O)CCn1cc(CN2CC[C@H]2c2ccccc2)cn1. The van der Waals surface area contributed by atoms with Crippen LogP contribution in [0.1, 0.15) is 30.0 Å². The number of aryl methyl sites for hydroxylation is 1. The van der Waals surface area contributed by atoms with E-state index in [9.17, 15) is 4.79 Å². The van der Waals surface area contributed by atoms with Crippen LogP contribution < -0.4 is 0 Å². The van der Waals surface area contributed by atoms with E-state index in [0.717, 1.165) is 18.7 Å². The second-order valence-electron chi connectivity index (χ2n) is 5.44. The van der Waals surface area contributed by atoms with Crippen molar-refractivity contribution in [3.05, 3.63) is 53.9 Å². The van der Waals surface area contributed by atoms with Crippen molar-refractivity contribution in [2.24, 2.45) is 0 Å². The zero-order valence-electron chi connectivity index (χ0n) is 11.9. The van der Waals surface area contributed by atoms with Crippen LogP contribution in [0.5, 0.6) is 0 Å². The lowest BCUT2D eigenvalue weighted by molar-refractivity contribution is -0.137. The van der Waals surface area contributed by atoms with E-state index in [4.69, 9.17) is 5.11 Å². The Balaban J connectivity index is 1.58. The maximum absolute atomic E-state index is 10.6. The number of aromatic nitrogens is 2. The van der Waals surface area contributed by atoms with Gasteiger partial charge in [-0.2, -0.15) is 5.10 Å². The lowest BCUT2D eigenvalue weighted by Gasteiger charge is -2.41. The van der Waals surface area contributed by atoms with Crippen molar-refractivity contribution < 1.29 is 9.90 Å². The quantitative estimate of drug-likeness (QED) is 0.885. The highest BCUT2D eigenvalue weighted by Crippen LogP contribution is 2.34. The molecule has 1 aliphatic rings. The van der Waals surface area contributed by atoms with Crippen LogP contribution in [0.25, 0.3) is 0 Å². The summed E-state index contributed by atoms with van der Waals surface area (Å²) in [6, 6.07) is 11.0.